The Bertz CT molecular complexity index is 462. The lowest BCUT2D eigenvalue weighted by atomic mass is 10.1. The van der Waals surface area contributed by atoms with E-state index in [9.17, 15) is 9.18 Å². The number of hydrogen-bond acceptors (Lipinski definition) is 3. The molecule has 0 saturated carbocycles. The highest BCUT2D eigenvalue weighted by Gasteiger charge is 2.25. The van der Waals surface area contributed by atoms with Gasteiger partial charge in [0.15, 0.2) is 0 Å². The van der Waals surface area contributed by atoms with Gasteiger partial charge < -0.3 is 15.7 Å². The molecule has 1 fully saturated rings. The Labute approximate surface area is 98.8 Å². The Balaban J connectivity index is 2.47. The summed E-state index contributed by atoms with van der Waals surface area (Å²) in [6.07, 6.45) is 1.01. The van der Waals surface area contributed by atoms with Crippen LogP contribution in [0.2, 0.25) is 0 Å². The summed E-state index contributed by atoms with van der Waals surface area (Å²) in [5.41, 5.74) is 5.61. The van der Waals surface area contributed by atoms with Crippen LogP contribution in [0, 0.1) is 11.7 Å². The van der Waals surface area contributed by atoms with Crippen molar-refractivity contribution in [2.24, 2.45) is 5.92 Å². The van der Waals surface area contributed by atoms with Gasteiger partial charge in [-0.2, -0.15) is 0 Å². The molecule has 1 unspecified atom stereocenters. The minimum absolute atomic E-state index is 0.126. The van der Waals surface area contributed by atoms with Crippen molar-refractivity contribution in [2.45, 2.75) is 13.3 Å². The lowest BCUT2D eigenvalue weighted by molar-refractivity contribution is 0.0698. The van der Waals surface area contributed by atoms with Gasteiger partial charge in [0.2, 0.25) is 0 Å². The number of anilines is 2. The van der Waals surface area contributed by atoms with Crippen LogP contribution in [0.3, 0.4) is 0 Å². The lowest BCUT2D eigenvalue weighted by Crippen LogP contribution is -2.23. The van der Waals surface area contributed by atoms with E-state index < -0.39 is 11.8 Å². The smallest absolute Gasteiger partial charge is 0.340 e. The van der Waals surface area contributed by atoms with E-state index >= 15 is 0 Å². The summed E-state index contributed by atoms with van der Waals surface area (Å²) in [5.74, 6) is -1.35. The van der Waals surface area contributed by atoms with E-state index in [0.717, 1.165) is 19.5 Å². The van der Waals surface area contributed by atoms with E-state index in [4.69, 9.17) is 10.8 Å². The van der Waals surface area contributed by atoms with Crippen LogP contribution in [0.25, 0.3) is 0 Å². The Kier molecular flexibility index (Phi) is 2.92. The Morgan fingerprint density at radius 3 is 2.82 bits per heavy atom. The lowest BCUT2D eigenvalue weighted by Gasteiger charge is -2.21. The molecule has 0 radical (unpaired) electrons. The van der Waals surface area contributed by atoms with Crippen molar-refractivity contribution in [1.82, 2.24) is 0 Å². The van der Waals surface area contributed by atoms with Gasteiger partial charge >= 0.3 is 5.97 Å². The highest BCUT2D eigenvalue weighted by molar-refractivity contribution is 6.00. The van der Waals surface area contributed by atoms with Crippen LogP contribution in [-0.4, -0.2) is 24.2 Å². The maximum absolute atomic E-state index is 13.3. The van der Waals surface area contributed by atoms with Crippen LogP contribution in [0.5, 0.6) is 0 Å². The van der Waals surface area contributed by atoms with Gasteiger partial charge in [-0.15, -0.1) is 0 Å². The third-order valence-corrected chi connectivity index (χ3v) is 3.15. The maximum atomic E-state index is 13.3. The van der Waals surface area contributed by atoms with Gasteiger partial charge in [0.25, 0.3) is 0 Å². The fraction of sp³-hybridized carbons (Fsp3) is 0.417. The molecule has 1 atom stereocenters. The molecule has 0 spiro atoms. The van der Waals surface area contributed by atoms with E-state index in [2.05, 4.69) is 6.92 Å². The summed E-state index contributed by atoms with van der Waals surface area (Å²) in [4.78, 5) is 13.1. The van der Waals surface area contributed by atoms with Crippen molar-refractivity contribution in [1.29, 1.82) is 0 Å². The molecule has 1 aromatic rings. The van der Waals surface area contributed by atoms with Crippen LogP contribution < -0.4 is 10.6 Å². The van der Waals surface area contributed by atoms with Crippen molar-refractivity contribution in [3.8, 4) is 0 Å². The van der Waals surface area contributed by atoms with Crippen LogP contribution in [0.15, 0.2) is 12.1 Å². The first-order valence-corrected chi connectivity index (χ1v) is 5.57. The number of carbonyl (C=O) groups is 1. The Morgan fingerprint density at radius 2 is 2.29 bits per heavy atom. The molecule has 3 N–H and O–H groups in total. The standard InChI is InChI=1S/C12H15FN2O2/c1-7-4-5-15(6-7)9-3-2-8(13)11(14)10(9)12(16)17/h2-3,7H,4-6,14H2,1H3,(H,16,17). The van der Waals surface area contributed by atoms with Crippen LogP contribution in [0.4, 0.5) is 15.8 Å². The fourth-order valence-corrected chi connectivity index (χ4v) is 2.22. The maximum Gasteiger partial charge on any atom is 0.340 e. The number of rotatable bonds is 2. The van der Waals surface area contributed by atoms with E-state index in [-0.39, 0.29) is 11.3 Å². The molecule has 1 heterocycles. The SMILES string of the molecule is CC1CCN(c2ccc(F)c(N)c2C(=O)O)C1. The fourth-order valence-electron chi connectivity index (χ4n) is 2.22. The zero-order valence-corrected chi connectivity index (χ0v) is 9.61. The number of nitrogens with two attached hydrogens (primary N) is 1. The summed E-state index contributed by atoms with van der Waals surface area (Å²) in [5, 5.41) is 9.12. The number of carboxylic acids is 1. The normalized spacial score (nSPS) is 19.6. The van der Waals surface area contributed by atoms with Crippen molar-refractivity contribution >= 4 is 17.3 Å². The van der Waals surface area contributed by atoms with Crippen LogP contribution >= 0.6 is 0 Å². The largest absolute Gasteiger partial charge is 0.478 e. The average Bonchev–Trinajstić information content (AvgIpc) is 2.68. The molecule has 0 aromatic heterocycles. The van der Waals surface area contributed by atoms with Gasteiger partial charge in [-0.25, -0.2) is 9.18 Å². The molecule has 0 aliphatic carbocycles. The first-order valence-electron chi connectivity index (χ1n) is 5.57. The summed E-state index contributed by atoms with van der Waals surface area (Å²) < 4.78 is 13.3. The van der Waals surface area contributed by atoms with Gasteiger partial charge in [0.05, 0.1) is 11.4 Å². The van der Waals surface area contributed by atoms with Crippen molar-refractivity contribution in [2.75, 3.05) is 23.7 Å². The predicted molar refractivity (Wildman–Crippen MR) is 63.8 cm³/mol. The third-order valence-electron chi connectivity index (χ3n) is 3.15. The summed E-state index contributed by atoms with van der Waals surface area (Å²) in [7, 11) is 0. The molecule has 4 nitrogen and oxygen atoms in total. The van der Waals surface area contributed by atoms with Crippen LogP contribution in [-0.2, 0) is 0 Å². The number of benzene rings is 1. The predicted octanol–water partition coefficient (Wildman–Crippen LogP) is 1.95. The number of nitrogen functional groups attached to an aromatic ring is 1. The highest BCUT2D eigenvalue weighted by atomic mass is 19.1. The number of aromatic carboxylic acids is 1. The summed E-state index contributed by atoms with van der Waals surface area (Å²) in [6, 6.07) is 2.72. The Morgan fingerprint density at radius 1 is 1.59 bits per heavy atom. The summed E-state index contributed by atoms with van der Waals surface area (Å²) in [6.45, 7) is 3.67. The van der Waals surface area contributed by atoms with Crippen molar-refractivity contribution < 1.29 is 14.3 Å². The molecule has 17 heavy (non-hydrogen) atoms. The van der Waals surface area contributed by atoms with E-state index in [1.165, 1.54) is 12.1 Å². The van der Waals surface area contributed by atoms with Crippen molar-refractivity contribution in [3.63, 3.8) is 0 Å². The second kappa shape index (κ2) is 4.24. The quantitative estimate of drug-likeness (QED) is 0.773. The van der Waals surface area contributed by atoms with Crippen LogP contribution in [0.1, 0.15) is 23.7 Å². The number of carboxylic acid groups (broad SMARTS) is 1. The molecule has 0 amide bonds. The summed E-state index contributed by atoms with van der Waals surface area (Å²) >= 11 is 0. The third kappa shape index (κ3) is 2.05. The molecule has 1 aromatic carbocycles. The van der Waals surface area contributed by atoms with Gasteiger partial charge in [-0.3, -0.25) is 0 Å². The minimum atomic E-state index is -1.18. The van der Waals surface area contributed by atoms with E-state index in [1.54, 1.807) is 0 Å². The molecule has 1 aliphatic heterocycles. The van der Waals surface area contributed by atoms with E-state index in [1.807, 2.05) is 4.90 Å². The zero-order valence-electron chi connectivity index (χ0n) is 9.61. The monoisotopic (exact) mass is 238 g/mol. The highest BCUT2D eigenvalue weighted by Crippen LogP contribution is 2.31. The first-order chi connectivity index (χ1) is 8.00. The first kappa shape index (κ1) is 11.7. The molecule has 0 bridgehead atoms. The number of hydrogen-bond donors (Lipinski definition) is 2. The second-order valence-electron chi connectivity index (χ2n) is 4.50. The van der Waals surface area contributed by atoms with E-state index in [0.29, 0.717) is 11.6 Å². The zero-order chi connectivity index (χ0) is 12.6. The molecule has 5 heteroatoms. The minimum Gasteiger partial charge on any atom is -0.478 e. The molecular weight excluding hydrogens is 223 g/mol. The van der Waals surface area contributed by atoms with Gasteiger partial charge in [-0.1, -0.05) is 6.92 Å². The number of nitrogens with zero attached hydrogens (tertiary/aromatic N) is 1. The van der Waals surface area contributed by atoms with Crippen molar-refractivity contribution in [3.05, 3.63) is 23.5 Å². The number of halogens is 1. The Hall–Kier alpha value is -1.78. The van der Waals surface area contributed by atoms with Gasteiger partial charge in [0.1, 0.15) is 11.4 Å². The second-order valence-corrected chi connectivity index (χ2v) is 4.50. The molecule has 1 saturated heterocycles. The molecular formula is C12H15FN2O2. The van der Waals surface area contributed by atoms with Gasteiger partial charge in [-0.05, 0) is 24.5 Å². The molecule has 2 rings (SSSR count). The molecule has 1 aliphatic rings. The average molecular weight is 238 g/mol. The van der Waals surface area contributed by atoms with Gasteiger partial charge in [0, 0.05) is 13.1 Å². The topological polar surface area (TPSA) is 66.6 Å². The molecule has 92 valence electrons.